The van der Waals surface area contributed by atoms with Gasteiger partial charge in [-0.2, -0.15) is 0 Å². The van der Waals surface area contributed by atoms with E-state index in [1.807, 2.05) is 0 Å². The number of carbonyl (C=O) groups is 1. The molecule has 4 aliphatic carbocycles. The largest absolute Gasteiger partial charge is 0.462 e. The lowest BCUT2D eigenvalue weighted by Crippen LogP contribution is -2.51. The molecule has 0 aromatic heterocycles. The van der Waals surface area contributed by atoms with E-state index in [0.717, 1.165) is 80.5 Å². The molecule has 4 aliphatic rings. The molecule has 0 radical (unpaired) electrons. The van der Waals surface area contributed by atoms with E-state index in [1.165, 1.54) is 83.5 Å². The maximum Gasteiger partial charge on any atom is 0.306 e. The van der Waals surface area contributed by atoms with Gasteiger partial charge in [-0.1, -0.05) is 134 Å². The average molecular weight is 673 g/mol. The van der Waals surface area contributed by atoms with Crippen molar-refractivity contribution in [2.75, 3.05) is 0 Å². The Kier molecular flexibility index (Phi) is 16.5. The van der Waals surface area contributed by atoms with Crippen LogP contribution in [0.25, 0.3) is 0 Å². The summed E-state index contributed by atoms with van der Waals surface area (Å²) in [5, 5.41) is 0. The minimum Gasteiger partial charge on any atom is -0.462 e. The van der Waals surface area contributed by atoms with Crippen LogP contribution in [-0.4, -0.2) is 12.1 Å². The molecule has 0 heterocycles. The SMILES string of the molecule is CCCCC/C=C\C/C=C\C/C=C\C/C=C\CCCC(=O)O[C@H]1CC[C@@]2(C)C(=CC[C@H]3[C@@H]4CC[C@H]([C@H](C)CCCC(C)C)[C@@]4(C)CC[C@@H]32)C1. The Morgan fingerprint density at radius 2 is 1.47 bits per heavy atom. The van der Waals surface area contributed by atoms with Gasteiger partial charge >= 0.3 is 5.97 Å². The van der Waals surface area contributed by atoms with Gasteiger partial charge in [0, 0.05) is 12.8 Å². The topological polar surface area (TPSA) is 26.3 Å². The molecule has 3 fully saturated rings. The highest BCUT2D eigenvalue weighted by Gasteiger charge is 2.59. The molecule has 0 aromatic carbocycles. The maximum absolute atomic E-state index is 12.8. The highest BCUT2D eigenvalue weighted by atomic mass is 16.5. The number of fused-ring (bicyclic) bond motifs is 5. The summed E-state index contributed by atoms with van der Waals surface area (Å²) in [6.45, 7) is 14.9. The van der Waals surface area contributed by atoms with E-state index < -0.39 is 0 Å². The predicted molar refractivity (Wildman–Crippen MR) is 211 cm³/mol. The van der Waals surface area contributed by atoms with Gasteiger partial charge in [-0.05, 0) is 136 Å². The van der Waals surface area contributed by atoms with Crippen LogP contribution in [0.2, 0.25) is 0 Å². The fourth-order valence-corrected chi connectivity index (χ4v) is 10.9. The first-order valence-electron chi connectivity index (χ1n) is 21.2. The summed E-state index contributed by atoms with van der Waals surface area (Å²) >= 11 is 0. The zero-order chi connectivity index (χ0) is 35.1. The van der Waals surface area contributed by atoms with Crippen molar-refractivity contribution in [3.8, 4) is 0 Å². The van der Waals surface area contributed by atoms with Gasteiger partial charge < -0.3 is 4.74 Å². The average Bonchev–Trinajstić information content (AvgIpc) is 3.43. The van der Waals surface area contributed by atoms with Crippen molar-refractivity contribution in [1.82, 2.24) is 0 Å². The first-order valence-corrected chi connectivity index (χ1v) is 21.2. The lowest BCUT2D eigenvalue weighted by molar-refractivity contribution is -0.151. The quantitative estimate of drug-likeness (QED) is 0.0731. The summed E-state index contributed by atoms with van der Waals surface area (Å²) in [6.07, 6.45) is 45.7. The lowest BCUT2D eigenvalue weighted by atomic mass is 9.47. The van der Waals surface area contributed by atoms with Crippen molar-refractivity contribution in [1.29, 1.82) is 0 Å². The summed E-state index contributed by atoms with van der Waals surface area (Å²) in [5.74, 6) is 5.21. The molecule has 0 bridgehead atoms. The number of unbranched alkanes of at least 4 members (excludes halogenated alkanes) is 4. The van der Waals surface area contributed by atoms with E-state index in [2.05, 4.69) is 96.2 Å². The van der Waals surface area contributed by atoms with Crippen LogP contribution in [0.4, 0.5) is 0 Å². The molecule has 0 saturated heterocycles. The monoisotopic (exact) mass is 673 g/mol. The van der Waals surface area contributed by atoms with Gasteiger partial charge in [0.1, 0.15) is 6.10 Å². The molecular weight excluding hydrogens is 597 g/mol. The zero-order valence-corrected chi connectivity index (χ0v) is 32.9. The highest BCUT2D eigenvalue weighted by Crippen LogP contribution is 2.67. The summed E-state index contributed by atoms with van der Waals surface area (Å²) in [6, 6.07) is 0. The van der Waals surface area contributed by atoms with E-state index >= 15 is 0 Å². The number of hydrogen-bond donors (Lipinski definition) is 0. The molecular formula is C47H76O2. The van der Waals surface area contributed by atoms with Gasteiger partial charge in [0.2, 0.25) is 0 Å². The van der Waals surface area contributed by atoms with Crippen molar-refractivity contribution in [3.05, 3.63) is 60.3 Å². The van der Waals surface area contributed by atoms with Crippen LogP contribution in [0.15, 0.2) is 60.3 Å². The first-order chi connectivity index (χ1) is 23.7. The smallest absolute Gasteiger partial charge is 0.306 e. The van der Waals surface area contributed by atoms with E-state index in [0.29, 0.717) is 17.3 Å². The van der Waals surface area contributed by atoms with Crippen LogP contribution in [-0.2, 0) is 9.53 Å². The first kappa shape index (κ1) is 39.9. The van der Waals surface area contributed by atoms with Crippen LogP contribution in [0.3, 0.4) is 0 Å². The molecule has 2 nitrogen and oxygen atoms in total. The Balaban J connectivity index is 1.13. The number of rotatable bonds is 20. The van der Waals surface area contributed by atoms with Crippen LogP contribution < -0.4 is 0 Å². The molecule has 4 rings (SSSR count). The van der Waals surface area contributed by atoms with E-state index in [-0.39, 0.29) is 12.1 Å². The second kappa shape index (κ2) is 20.3. The Labute approximate surface area is 303 Å². The van der Waals surface area contributed by atoms with Gasteiger partial charge in [-0.3, -0.25) is 4.79 Å². The van der Waals surface area contributed by atoms with Gasteiger partial charge in [-0.25, -0.2) is 0 Å². The van der Waals surface area contributed by atoms with Crippen molar-refractivity contribution in [2.24, 2.45) is 46.3 Å². The molecule has 8 atom stereocenters. The summed E-state index contributed by atoms with van der Waals surface area (Å²) in [7, 11) is 0. The third-order valence-electron chi connectivity index (χ3n) is 13.8. The predicted octanol–water partition coefficient (Wildman–Crippen LogP) is 14.1. The number of ether oxygens (including phenoxy) is 1. The van der Waals surface area contributed by atoms with Crippen molar-refractivity contribution in [2.45, 2.75) is 182 Å². The van der Waals surface area contributed by atoms with Crippen molar-refractivity contribution >= 4 is 5.97 Å². The standard InChI is InChI=1S/C47H76O2/c1-7-8-9-10-11-12-13-14-15-16-17-18-19-20-21-22-23-27-45(48)49-40-32-34-46(5)39(36-40)28-29-41-43-31-30-42(38(4)26-24-25-37(2)3)47(43,6)35-33-44(41)46/h11-12,14-15,17-18,20-21,28,37-38,40-44H,7-10,13,16,19,22-27,29-36H2,1-6H3/b12-11-,15-14-,18-17-,21-20-/t38-,40+,41+,42-,43+,44+,46+,47-/m1/s1. The molecule has 0 spiro atoms. The van der Waals surface area contributed by atoms with Gasteiger partial charge in [0.25, 0.3) is 0 Å². The van der Waals surface area contributed by atoms with Crippen molar-refractivity contribution in [3.63, 3.8) is 0 Å². The minimum atomic E-state index is 0.00622. The molecule has 0 aliphatic heterocycles. The number of esters is 1. The highest BCUT2D eigenvalue weighted by molar-refractivity contribution is 5.69. The Bertz CT molecular complexity index is 1140. The van der Waals surface area contributed by atoms with Crippen LogP contribution in [0.5, 0.6) is 0 Å². The zero-order valence-electron chi connectivity index (χ0n) is 32.9. The second-order valence-corrected chi connectivity index (χ2v) is 17.6. The van der Waals surface area contributed by atoms with Gasteiger partial charge in [0.05, 0.1) is 0 Å². The Morgan fingerprint density at radius 3 is 2.14 bits per heavy atom. The molecule has 49 heavy (non-hydrogen) atoms. The number of allylic oxidation sites excluding steroid dienone is 9. The third kappa shape index (κ3) is 11.3. The Morgan fingerprint density at radius 1 is 0.796 bits per heavy atom. The normalized spacial score (nSPS) is 32.2. The molecule has 0 aromatic rings. The van der Waals surface area contributed by atoms with Gasteiger partial charge in [-0.15, -0.1) is 0 Å². The maximum atomic E-state index is 12.8. The molecule has 0 amide bonds. The molecule has 0 N–H and O–H groups in total. The molecule has 3 saturated carbocycles. The van der Waals surface area contributed by atoms with Crippen LogP contribution >= 0.6 is 0 Å². The number of hydrogen-bond acceptors (Lipinski definition) is 2. The molecule has 276 valence electrons. The lowest BCUT2D eigenvalue weighted by Gasteiger charge is -2.58. The van der Waals surface area contributed by atoms with Crippen LogP contribution in [0.1, 0.15) is 176 Å². The second-order valence-electron chi connectivity index (χ2n) is 17.6. The third-order valence-corrected chi connectivity index (χ3v) is 13.8. The van der Waals surface area contributed by atoms with Gasteiger partial charge in [0.15, 0.2) is 0 Å². The van der Waals surface area contributed by atoms with Crippen LogP contribution in [0, 0.1) is 46.3 Å². The molecule has 2 heteroatoms. The Hall–Kier alpha value is -1.83. The number of carbonyl (C=O) groups excluding carboxylic acids is 1. The van der Waals surface area contributed by atoms with E-state index in [9.17, 15) is 4.79 Å². The summed E-state index contributed by atoms with van der Waals surface area (Å²) < 4.78 is 6.10. The fraction of sp³-hybridized carbons (Fsp3) is 0.766. The fourth-order valence-electron chi connectivity index (χ4n) is 10.9. The van der Waals surface area contributed by atoms with Crippen molar-refractivity contribution < 1.29 is 9.53 Å². The summed E-state index contributed by atoms with van der Waals surface area (Å²) in [5.41, 5.74) is 2.48. The van der Waals surface area contributed by atoms with E-state index in [4.69, 9.17) is 4.74 Å². The summed E-state index contributed by atoms with van der Waals surface area (Å²) in [4.78, 5) is 12.8. The van der Waals surface area contributed by atoms with E-state index in [1.54, 1.807) is 5.57 Å². The minimum absolute atomic E-state index is 0.00622. The molecule has 0 unspecified atom stereocenters.